The van der Waals surface area contributed by atoms with Crippen LogP contribution in [0.25, 0.3) is 16.0 Å². The van der Waals surface area contributed by atoms with Gasteiger partial charge in [0, 0.05) is 0 Å². The number of Topliss-reactive ketones (excluding diaryl/α,β-unsaturated/α-hetero) is 1. The number of hydrogen-bond acceptors (Lipinski definition) is 4. The molecule has 3 heterocycles. The van der Waals surface area contributed by atoms with Crippen molar-refractivity contribution < 1.29 is 9.53 Å². The highest BCUT2D eigenvalue weighted by molar-refractivity contribution is 7.19. The molecule has 1 aromatic carbocycles. The number of carbonyl (C=O) groups excluding carboxylic acids is 1. The molecule has 3 aromatic rings. The largest absolute Gasteiger partial charge is 0.469 e. The molecule has 4 nitrogen and oxygen atoms in total. The van der Waals surface area contributed by atoms with Crippen LogP contribution >= 0.6 is 11.3 Å². The Labute approximate surface area is 94.1 Å². The Kier molecular flexibility index (Phi) is 1.36. The Morgan fingerprint density at radius 3 is 3.19 bits per heavy atom. The molecule has 4 rings (SSSR count). The van der Waals surface area contributed by atoms with Crippen molar-refractivity contribution in [3.63, 3.8) is 0 Å². The minimum atomic E-state index is 0.0505. The lowest BCUT2D eigenvalue weighted by Gasteiger charge is -1.95. The summed E-state index contributed by atoms with van der Waals surface area (Å²) in [5.74, 6) is 0.702. The molecule has 0 bridgehead atoms. The molecule has 1 aliphatic rings. The Bertz CT molecular complexity index is 741. The van der Waals surface area contributed by atoms with Gasteiger partial charge in [-0.05, 0) is 12.1 Å². The van der Waals surface area contributed by atoms with Crippen LogP contribution in [0.15, 0.2) is 24.3 Å². The Morgan fingerprint density at radius 1 is 1.38 bits per heavy atom. The van der Waals surface area contributed by atoms with E-state index in [1.165, 1.54) is 11.3 Å². The molecule has 0 aliphatic carbocycles. The first kappa shape index (κ1) is 8.29. The van der Waals surface area contributed by atoms with E-state index >= 15 is 0 Å². The number of rotatable bonds is 0. The monoisotopic (exact) mass is 230 g/mol. The van der Waals surface area contributed by atoms with E-state index in [1.54, 1.807) is 0 Å². The summed E-state index contributed by atoms with van der Waals surface area (Å²) in [7, 11) is 0. The summed E-state index contributed by atoms with van der Waals surface area (Å²) in [6.07, 6.45) is 0. The van der Waals surface area contributed by atoms with E-state index in [-0.39, 0.29) is 12.4 Å². The van der Waals surface area contributed by atoms with E-state index < -0.39 is 0 Å². The molecule has 0 atom stereocenters. The van der Waals surface area contributed by atoms with Gasteiger partial charge in [0.25, 0.3) is 0 Å². The van der Waals surface area contributed by atoms with Gasteiger partial charge in [0.15, 0.2) is 11.6 Å². The highest BCUT2D eigenvalue weighted by Crippen LogP contribution is 2.36. The fourth-order valence-electron chi connectivity index (χ4n) is 2.01. The van der Waals surface area contributed by atoms with Crippen molar-refractivity contribution in [1.29, 1.82) is 0 Å². The second kappa shape index (κ2) is 2.62. The van der Waals surface area contributed by atoms with Crippen LogP contribution in [0.2, 0.25) is 0 Å². The second-order valence-electron chi connectivity index (χ2n) is 3.67. The van der Waals surface area contributed by atoms with E-state index in [0.29, 0.717) is 10.8 Å². The number of thiazole rings is 1. The summed E-state index contributed by atoms with van der Waals surface area (Å²) in [4.78, 5) is 17.5. The van der Waals surface area contributed by atoms with Gasteiger partial charge in [0.05, 0.1) is 11.0 Å². The van der Waals surface area contributed by atoms with E-state index in [9.17, 15) is 4.79 Å². The minimum absolute atomic E-state index is 0.0505. The van der Waals surface area contributed by atoms with Gasteiger partial charge in [-0.25, -0.2) is 4.98 Å². The van der Waals surface area contributed by atoms with Crippen molar-refractivity contribution in [2.75, 3.05) is 6.61 Å². The number of benzene rings is 1. The molecule has 0 amide bonds. The third-order valence-corrected chi connectivity index (χ3v) is 3.78. The van der Waals surface area contributed by atoms with Gasteiger partial charge in [0.1, 0.15) is 4.88 Å². The molecule has 0 N–H and O–H groups in total. The smallest absolute Gasteiger partial charge is 0.222 e. The van der Waals surface area contributed by atoms with E-state index in [1.807, 2.05) is 28.7 Å². The van der Waals surface area contributed by atoms with Gasteiger partial charge in [-0.1, -0.05) is 23.5 Å². The van der Waals surface area contributed by atoms with Crippen molar-refractivity contribution >= 4 is 33.1 Å². The molecule has 0 spiro atoms. The molecule has 0 fully saturated rings. The maximum atomic E-state index is 11.5. The fraction of sp³-hybridized carbons (Fsp3) is 0.0909. The molecule has 78 valence electrons. The number of nitrogens with zero attached hydrogens (tertiary/aromatic N) is 2. The average Bonchev–Trinajstić information content (AvgIpc) is 2.89. The van der Waals surface area contributed by atoms with Gasteiger partial charge < -0.3 is 4.74 Å². The molecule has 5 heteroatoms. The molecule has 16 heavy (non-hydrogen) atoms. The van der Waals surface area contributed by atoms with Gasteiger partial charge in [0.2, 0.25) is 11.7 Å². The topological polar surface area (TPSA) is 43.6 Å². The maximum Gasteiger partial charge on any atom is 0.222 e. The van der Waals surface area contributed by atoms with Crippen LogP contribution in [0.5, 0.6) is 5.88 Å². The van der Waals surface area contributed by atoms with Crippen LogP contribution in [-0.4, -0.2) is 21.8 Å². The number of para-hydroxylation sites is 2. The minimum Gasteiger partial charge on any atom is -0.469 e. The quantitative estimate of drug-likeness (QED) is 0.594. The van der Waals surface area contributed by atoms with Crippen molar-refractivity contribution in [2.24, 2.45) is 0 Å². The molecule has 0 unspecified atom stereocenters. The number of ketones is 1. The highest BCUT2D eigenvalue weighted by Gasteiger charge is 2.28. The number of imidazole rings is 1. The zero-order valence-electron chi connectivity index (χ0n) is 8.14. The van der Waals surface area contributed by atoms with Crippen molar-refractivity contribution in [3.05, 3.63) is 29.1 Å². The number of hydrogen-bond donors (Lipinski definition) is 0. The average molecular weight is 230 g/mol. The molecule has 0 saturated heterocycles. The first-order chi connectivity index (χ1) is 7.84. The third kappa shape index (κ3) is 0.845. The van der Waals surface area contributed by atoms with Crippen LogP contribution in [0.4, 0.5) is 0 Å². The van der Waals surface area contributed by atoms with Crippen LogP contribution in [0.1, 0.15) is 9.67 Å². The predicted octanol–water partition coefficient (Wildman–Crippen LogP) is 2.12. The SMILES string of the molecule is O=C1COc2c1sc1nc3ccccc3n21. The number of aromatic nitrogens is 2. The molecule has 0 radical (unpaired) electrons. The van der Waals surface area contributed by atoms with Crippen molar-refractivity contribution in [1.82, 2.24) is 9.38 Å². The lowest BCUT2D eigenvalue weighted by atomic mass is 10.3. The highest BCUT2D eigenvalue weighted by atomic mass is 32.1. The molecule has 1 aliphatic heterocycles. The van der Waals surface area contributed by atoms with Gasteiger partial charge >= 0.3 is 0 Å². The molecule has 2 aromatic heterocycles. The first-order valence-electron chi connectivity index (χ1n) is 4.90. The van der Waals surface area contributed by atoms with Crippen LogP contribution < -0.4 is 4.74 Å². The summed E-state index contributed by atoms with van der Waals surface area (Å²) < 4.78 is 7.33. The van der Waals surface area contributed by atoms with E-state index in [0.717, 1.165) is 16.0 Å². The lowest BCUT2D eigenvalue weighted by molar-refractivity contribution is 0.0962. The van der Waals surface area contributed by atoms with Crippen LogP contribution in [0.3, 0.4) is 0 Å². The van der Waals surface area contributed by atoms with Gasteiger partial charge in [-0.3, -0.25) is 9.20 Å². The van der Waals surface area contributed by atoms with Crippen LogP contribution in [-0.2, 0) is 0 Å². The van der Waals surface area contributed by atoms with Crippen molar-refractivity contribution in [3.8, 4) is 5.88 Å². The summed E-state index contributed by atoms with van der Waals surface area (Å²) in [5, 5.41) is 0. The second-order valence-corrected chi connectivity index (χ2v) is 4.64. The van der Waals surface area contributed by atoms with Gasteiger partial charge in [-0.2, -0.15) is 0 Å². The number of carbonyl (C=O) groups is 1. The number of fused-ring (bicyclic) bond motifs is 5. The van der Waals surface area contributed by atoms with Gasteiger partial charge in [-0.15, -0.1) is 0 Å². The first-order valence-corrected chi connectivity index (χ1v) is 5.72. The van der Waals surface area contributed by atoms with Crippen molar-refractivity contribution in [2.45, 2.75) is 0 Å². The molecule has 0 saturated carbocycles. The zero-order valence-corrected chi connectivity index (χ0v) is 8.95. The summed E-state index contributed by atoms with van der Waals surface area (Å²) in [5.41, 5.74) is 1.92. The number of ether oxygens (including phenoxy) is 1. The molecular weight excluding hydrogens is 224 g/mol. The summed E-state index contributed by atoms with van der Waals surface area (Å²) >= 11 is 1.40. The maximum absolute atomic E-state index is 11.5. The summed E-state index contributed by atoms with van der Waals surface area (Å²) in [6.45, 7) is 0.156. The fourth-order valence-corrected chi connectivity index (χ4v) is 3.02. The van der Waals surface area contributed by atoms with E-state index in [2.05, 4.69) is 4.98 Å². The normalized spacial score (nSPS) is 14.6. The Morgan fingerprint density at radius 2 is 2.25 bits per heavy atom. The van der Waals surface area contributed by atoms with E-state index in [4.69, 9.17) is 4.74 Å². The third-order valence-electron chi connectivity index (χ3n) is 2.71. The Balaban J connectivity index is 2.24. The van der Waals surface area contributed by atoms with Crippen LogP contribution in [0, 0.1) is 0 Å². The molecular formula is C11H6N2O2S. The summed E-state index contributed by atoms with van der Waals surface area (Å²) in [6, 6.07) is 7.84. The zero-order chi connectivity index (χ0) is 10.7. The Hall–Kier alpha value is -1.88. The predicted molar refractivity (Wildman–Crippen MR) is 60.4 cm³/mol. The standard InChI is InChI=1S/C11H6N2O2S/c14-8-5-15-10-9(8)16-11-12-6-3-1-2-4-7(6)13(10)11/h1-4H,5H2. The lowest BCUT2D eigenvalue weighted by Crippen LogP contribution is -1.99.